The molecule has 1 aromatic heterocycles. The molecule has 4 rings (SSSR count). The van der Waals surface area contributed by atoms with Gasteiger partial charge in [-0.15, -0.1) is 0 Å². The van der Waals surface area contributed by atoms with Crippen molar-refractivity contribution in [3.05, 3.63) is 96.2 Å². The fraction of sp³-hybridized carbons (Fsp3) is 0.115. The predicted octanol–water partition coefficient (Wildman–Crippen LogP) is 4.50. The fourth-order valence-corrected chi connectivity index (χ4v) is 3.42. The first kappa shape index (κ1) is 21.8. The van der Waals surface area contributed by atoms with E-state index in [1.54, 1.807) is 56.3 Å². The highest BCUT2D eigenvalue weighted by molar-refractivity contribution is 6.08. The van der Waals surface area contributed by atoms with Crippen LogP contribution in [0.25, 0.3) is 16.9 Å². The third-order valence-electron chi connectivity index (χ3n) is 5.10. The Bertz CT molecular complexity index is 1300. The second-order valence-corrected chi connectivity index (χ2v) is 7.64. The number of nitrogens with zero attached hydrogens (tertiary/aromatic N) is 3. The quantitative estimate of drug-likeness (QED) is 0.479. The van der Waals surface area contributed by atoms with Gasteiger partial charge in [-0.1, -0.05) is 36.4 Å². The van der Waals surface area contributed by atoms with E-state index in [0.29, 0.717) is 28.3 Å². The molecule has 2 amide bonds. The minimum atomic E-state index is -0.329. The van der Waals surface area contributed by atoms with Crippen molar-refractivity contribution in [1.29, 1.82) is 0 Å². The van der Waals surface area contributed by atoms with E-state index in [1.807, 2.05) is 54.6 Å². The van der Waals surface area contributed by atoms with Crippen LogP contribution in [0.4, 0.5) is 5.69 Å². The second kappa shape index (κ2) is 9.40. The highest BCUT2D eigenvalue weighted by atomic mass is 16.5. The summed E-state index contributed by atoms with van der Waals surface area (Å²) in [6, 6.07) is 23.9. The SMILES string of the molecule is COc1cccc(-c2nn(-c3ccccc3)cc2C(=O)Nc2cccc(C(=O)N(C)C)c2)c1. The van der Waals surface area contributed by atoms with Gasteiger partial charge in [0.25, 0.3) is 11.8 Å². The van der Waals surface area contributed by atoms with Gasteiger partial charge in [0, 0.05) is 37.1 Å². The van der Waals surface area contributed by atoms with Crippen molar-refractivity contribution >= 4 is 17.5 Å². The van der Waals surface area contributed by atoms with Gasteiger partial charge in [-0.2, -0.15) is 5.10 Å². The third-order valence-corrected chi connectivity index (χ3v) is 5.10. The average molecular weight is 441 g/mol. The first-order chi connectivity index (χ1) is 16.0. The van der Waals surface area contributed by atoms with Gasteiger partial charge in [-0.05, 0) is 42.5 Å². The van der Waals surface area contributed by atoms with Crippen molar-refractivity contribution < 1.29 is 14.3 Å². The van der Waals surface area contributed by atoms with E-state index in [1.165, 1.54) is 4.90 Å². The molecule has 0 aliphatic heterocycles. The summed E-state index contributed by atoms with van der Waals surface area (Å²) in [5.41, 5.74) is 3.53. The Morgan fingerprint density at radius 2 is 1.70 bits per heavy atom. The summed E-state index contributed by atoms with van der Waals surface area (Å²) < 4.78 is 7.02. The lowest BCUT2D eigenvalue weighted by Gasteiger charge is -2.12. The zero-order valence-corrected chi connectivity index (χ0v) is 18.6. The monoisotopic (exact) mass is 440 g/mol. The maximum Gasteiger partial charge on any atom is 0.259 e. The van der Waals surface area contributed by atoms with E-state index in [0.717, 1.165) is 11.3 Å². The predicted molar refractivity (Wildman–Crippen MR) is 128 cm³/mol. The zero-order valence-electron chi connectivity index (χ0n) is 18.6. The molecule has 0 saturated carbocycles. The van der Waals surface area contributed by atoms with Gasteiger partial charge in [0.15, 0.2) is 0 Å². The summed E-state index contributed by atoms with van der Waals surface area (Å²) in [7, 11) is 4.97. The molecule has 7 heteroatoms. The first-order valence-corrected chi connectivity index (χ1v) is 10.4. The molecule has 1 N–H and O–H groups in total. The molecule has 0 atom stereocenters. The molecule has 0 unspecified atom stereocenters. The minimum Gasteiger partial charge on any atom is -0.497 e. The summed E-state index contributed by atoms with van der Waals surface area (Å²) in [6.45, 7) is 0. The molecule has 7 nitrogen and oxygen atoms in total. The highest BCUT2D eigenvalue weighted by Gasteiger charge is 2.20. The number of para-hydroxylation sites is 1. The Kier molecular flexibility index (Phi) is 6.22. The molecule has 0 saturated heterocycles. The Labute approximate surface area is 192 Å². The molecule has 1 heterocycles. The molecule has 0 spiro atoms. The Balaban J connectivity index is 1.73. The molecular weight excluding hydrogens is 416 g/mol. The molecule has 0 fully saturated rings. The summed E-state index contributed by atoms with van der Waals surface area (Å²) >= 11 is 0. The second-order valence-electron chi connectivity index (χ2n) is 7.64. The van der Waals surface area contributed by atoms with Crippen LogP contribution in [0.5, 0.6) is 5.75 Å². The number of hydrogen-bond acceptors (Lipinski definition) is 4. The number of rotatable bonds is 6. The Hall–Kier alpha value is -4.39. The lowest BCUT2D eigenvalue weighted by molar-refractivity contribution is 0.0827. The molecular formula is C26H24N4O3. The Morgan fingerprint density at radius 1 is 0.939 bits per heavy atom. The van der Waals surface area contributed by atoms with Crippen LogP contribution in [0, 0.1) is 0 Å². The number of amides is 2. The van der Waals surface area contributed by atoms with Crippen molar-refractivity contribution in [2.75, 3.05) is 26.5 Å². The first-order valence-electron chi connectivity index (χ1n) is 10.4. The normalized spacial score (nSPS) is 10.5. The Morgan fingerprint density at radius 3 is 2.42 bits per heavy atom. The van der Waals surface area contributed by atoms with Crippen molar-refractivity contribution in [2.24, 2.45) is 0 Å². The van der Waals surface area contributed by atoms with Crippen LogP contribution in [0.15, 0.2) is 85.1 Å². The molecule has 33 heavy (non-hydrogen) atoms. The molecule has 0 aliphatic carbocycles. The number of nitrogens with one attached hydrogen (secondary N) is 1. The standard InChI is InChI=1S/C26H24N4O3/c1-29(2)26(32)19-10-7-11-20(15-19)27-25(31)23-17-30(21-12-5-4-6-13-21)28-24(23)18-9-8-14-22(16-18)33-3/h4-17H,1-3H3,(H,27,31). The fourth-order valence-electron chi connectivity index (χ4n) is 3.42. The highest BCUT2D eigenvalue weighted by Crippen LogP contribution is 2.28. The summed E-state index contributed by atoms with van der Waals surface area (Å²) in [4.78, 5) is 27.1. The van der Waals surface area contributed by atoms with Gasteiger partial charge in [0.1, 0.15) is 11.4 Å². The van der Waals surface area contributed by atoms with Gasteiger partial charge in [-0.25, -0.2) is 4.68 Å². The van der Waals surface area contributed by atoms with Gasteiger partial charge >= 0.3 is 0 Å². The van der Waals surface area contributed by atoms with Crippen molar-refractivity contribution in [2.45, 2.75) is 0 Å². The molecule has 4 aromatic rings. The van der Waals surface area contributed by atoms with Crippen LogP contribution >= 0.6 is 0 Å². The maximum absolute atomic E-state index is 13.3. The lowest BCUT2D eigenvalue weighted by atomic mass is 10.1. The van der Waals surface area contributed by atoms with Gasteiger partial charge < -0.3 is 15.0 Å². The van der Waals surface area contributed by atoms with Gasteiger partial charge in [0.05, 0.1) is 18.4 Å². The smallest absolute Gasteiger partial charge is 0.259 e. The van der Waals surface area contributed by atoms with E-state index < -0.39 is 0 Å². The number of benzene rings is 3. The number of carbonyl (C=O) groups is 2. The van der Waals surface area contributed by atoms with Crippen molar-refractivity contribution in [3.8, 4) is 22.7 Å². The molecule has 3 aromatic carbocycles. The average Bonchev–Trinajstić information content (AvgIpc) is 3.30. The van der Waals surface area contributed by atoms with Crippen LogP contribution in [-0.4, -0.2) is 47.7 Å². The summed E-state index contributed by atoms with van der Waals surface area (Å²) in [6.07, 6.45) is 1.70. The molecule has 166 valence electrons. The number of methoxy groups -OCH3 is 1. The van der Waals surface area contributed by atoms with E-state index in [9.17, 15) is 9.59 Å². The van der Waals surface area contributed by atoms with Crippen molar-refractivity contribution in [3.63, 3.8) is 0 Å². The summed E-state index contributed by atoms with van der Waals surface area (Å²) in [5.74, 6) is 0.201. The van der Waals surface area contributed by atoms with Gasteiger partial charge in [0.2, 0.25) is 0 Å². The van der Waals surface area contributed by atoms with E-state index in [2.05, 4.69) is 5.32 Å². The topological polar surface area (TPSA) is 76.5 Å². The lowest BCUT2D eigenvalue weighted by Crippen LogP contribution is -2.22. The maximum atomic E-state index is 13.3. The number of carbonyl (C=O) groups excluding carboxylic acids is 2. The third kappa shape index (κ3) is 4.77. The number of ether oxygens (including phenoxy) is 1. The molecule has 0 bridgehead atoms. The number of hydrogen-bond donors (Lipinski definition) is 1. The van der Waals surface area contributed by atoms with Gasteiger partial charge in [-0.3, -0.25) is 9.59 Å². The zero-order chi connectivity index (χ0) is 23.4. The van der Waals surface area contributed by atoms with E-state index in [4.69, 9.17) is 9.84 Å². The van der Waals surface area contributed by atoms with Crippen LogP contribution in [0.3, 0.4) is 0 Å². The van der Waals surface area contributed by atoms with Crippen LogP contribution in [0.1, 0.15) is 20.7 Å². The van der Waals surface area contributed by atoms with Crippen LogP contribution < -0.4 is 10.1 Å². The summed E-state index contributed by atoms with van der Waals surface area (Å²) in [5, 5.41) is 7.60. The number of anilines is 1. The van der Waals surface area contributed by atoms with Crippen LogP contribution in [-0.2, 0) is 0 Å². The largest absolute Gasteiger partial charge is 0.497 e. The molecule has 0 aliphatic rings. The minimum absolute atomic E-state index is 0.139. The van der Waals surface area contributed by atoms with E-state index >= 15 is 0 Å². The van der Waals surface area contributed by atoms with E-state index in [-0.39, 0.29) is 11.8 Å². The van der Waals surface area contributed by atoms with Crippen molar-refractivity contribution in [1.82, 2.24) is 14.7 Å². The number of aromatic nitrogens is 2. The van der Waals surface area contributed by atoms with Crippen LogP contribution in [0.2, 0.25) is 0 Å². The molecule has 0 radical (unpaired) electrons.